The number of methoxy groups -OCH3 is 1. The number of ketones is 1. The van der Waals surface area contributed by atoms with Gasteiger partial charge in [-0.25, -0.2) is 4.39 Å². The highest BCUT2D eigenvalue weighted by molar-refractivity contribution is 5.98. The molecule has 1 saturated carbocycles. The fraction of sp³-hybridized carbons (Fsp3) is 0.643. The quantitative estimate of drug-likeness (QED) is 0.590. The van der Waals surface area contributed by atoms with Gasteiger partial charge in [0.1, 0.15) is 12.4 Å². The van der Waals surface area contributed by atoms with Crippen molar-refractivity contribution < 1.29 is 31.8 Å². The second-order valence-electron chi connectivity index (χ2n) is 5.30. The van der Waals surface area contributed by atoms with Gasteiger partial charge in [0.05, 0.1) is 5.41 Å². The summed E-state index contributed by atoms with van der Waals surface area (Å²) in [5.74, 6) is -1.51. The van der Waals surface area contributed by atoms with Crippen LogP contribution in [0.5, 0.6) is 0 Å². The normalized spacial score (nSPS) is 30.8. The molecule has 0 N–H and O–H groups in total. The predicted molar refractivity (Wildman–Crippen MR) is 65.9 cm³/mol. The summed E-state index contributed by atoms with van der Waals surface area (Å²) in [5.41, 5.74) is -1.16. The van der Waals surface area contributed by atoms with E-state index in [0.29, 0.717) is 19.3 Å². The summed E-state index contributed by atoms with van der Waals surface area (Å²) in [6.45, 7) is -1.46. The fourth-order valence-corrected chi connectivity index (χ4v) is 3.12. The zero-order valence-corrected chi connectivity index (χ0v) is 11.5. The van der Waals surface area contributed by atoms with Gasteiger partial charge in [0.2, 0.25) is 0 Å². The Morgan fingerprint density at radius 3 is 2.76 bits per heavy atom. The molecule has 0 radical (unpaired) electrons. The molecule has 2 aliphatic carbocycles. The molecule has 0 amide bonds. The lowest BCUT2D eigenvalue weighted by atomic mass is 9.71. The van der Waals surface area contributed by atoms with E-state index in [9.17, 15) is 22.4 Å². The van der Waals surface area contributed by atoms with Crippen LogP contribution in [0.2, 0.25) is 0 Å². The summed E-state index contributed by atoms with van der Waals surface area (Å²) in [6, 6.07) is 0. The third-order valence-electron chi connectivity index (χ3n) is 3.99. The lowest BCUT2D eigenvalue weighted by Crippen LogP contribution is -2.42. The van der Waals surface area contributed by atoms with Crippen molar-refractivity contribution in [1.82, 2.24) is 0 Å². The lowest BCUT2D eigenvalue weighted by Gasteiger charge is -2.36. The number of alkyl halides is 3. The highest BCUT2D eigenvalue weighted by Gasteiger charge is 2.51. The van der Waals surface area contributed by atoms with Crippen LogP contribution in [0.15, 0.2) is 24.1 Å². The Morgan fingerprint density at radius 1 is 1.43 bits per heavy atom. The molecule has 0 aromatic rings. The van der Waals surface area contributed by atoms with Gasteiger partial charge in [-0.2, -0.15) is 13.2 Å². The highest BCUT2D eigenvalue weighted by atomic mass is 19.4. The molecule has 3 atom stereocenters. The summed E-state index contributed by atoms with van der Waals surface area (Å²) in [7, 11) is 1.22. The molecular formula is C14H16F4O3. The van der Waals surface area contributed by atoms with Gasteiger partial charge in [0.15, 0.2) is 12.1 Å². The third kappa shape index (κ3) is 3.35. The van der Waals surface area contributed by atoms with Gasteiger partial charge in [0, 0.05) is 13.0 Å². The first-order valence-corrected chi connectivity index (χ1v) is 6.60. The van der Waals surface area contributed by atoms with Gasteiger partial charge < -0.3 is 9.47 Å². The molecule has 3 nitrogen and oxygen atoms in total. The maximum atomic E-state index is 13.5. The zero-order valence-electron chi connectivity index (χ0n) is 11.5. The van der Waals surface area contributed by atoms with Gasteiger partial charge in [-0.05, 0) is 31.1 Å². The topological polar surface area (TPSA) is 35.5 Å². The molecule has 0 aliphatic heterocycles. The second kappa shape index (κ2) is 5.88. The van der Waals surface area contributed by atoms with Crippen molar-refractivity contribution in [3.63, 3.8) is 0 Å². The molecule has 0 bridgehead atoms. The minimum Gasteiger partial charge on any atom is -0.356 e. The van der Waals surface area contributed by atoms with E-state index in [1.165, 1.54) is 13.2 Å². The molecule has 2 aliphatic rings. The molecule has 1 spiro atoms. The Morgan fingerprint density at radius 2 is 2.14 bits per heavy atom. The van der Waals surface area contributed by atoms with E-state index in [1.54, 1.807) is 0 Å². The van der Waals surface area contributed by atoms with Crippen LogP contribution in [0, 0.1) is 11.3 Å². The van der Waals surface area contributed by atoms with Crippen LogP contribution in [0.25, 0.3) is 0 Å². The number of rotatable bonds is 4. The Kier molecular flexibility index (Phi) is 4.53. The van der Waals surface area contributed by atoms with Crippen molar-refractivity contribution in [3.8, 4) is 0 Å². The summed E-state index contributed by atoms with van der Waals surface area (Å²) >= 11 is 0. The first kappa shape index (κ1) is 16.2. The van der Waals surface area contributed by atoms with Crippen LogP contribution in [-0.4, -0.2) is 32.0 Å². The van der Waals surface area contributed by atoms with Gasteiger partial charge in [-0.15, -0.1) is 0 Å². The molecule has 0 aromatic heterocycles. The van der Waals surface area contributed by atoms with Crippen molar-refractivity contribution in [2.45, 2.75) is 31.7 Å². The molecule has 0 saturated heterocycles. The number of carbonyl (C=O) groups is 1. The fourth-order valence-electron chi connectivity index (χ4n) is 3.12. The number of allylic oxidation sites excluding steroid dienone is 4. The van der Waals surface area contributed by atoms with Crippen molar-refractivity contribution in [3.05, 3.63) is 24.1 Å². The Hall–Kier alpha value is -1.21. The zero-order chi connectivity index (χ0) is 15.7. The molecule has 0 heterocycles. The van der Waals surface area contributed by atoms with Gasteiger partial charge >= 0.3 is 6.18 Å². The summed E-state index contributed by atoms with van der Waals surface area (Å²) in [4.78, 5) is 12.2. The largest absolute Gasteiger partial charge is 0.411 e. The summed E-state index contributed by atoms with van der Waals surface area (Å²) in [6.07, 6.45) is -0.887. The molecule has 21 heavy (non-hydrogen) atoms. The van der Waals surface area contributed by atoms with E-state index in [0.717, 1.165) is 12.2 Å². The minimum absolute atomic E-state index is 0.316. The number of ether oxygens (including phenoxy) is 2. The van der Waals surface area contributed by atoms with Crippen molar-refractivity contribution in [1.29, 1.82) is 0 Å². The highest BCUT2D eigenvalue weighted by Crippen LogP contribution is 2.50. The number of carbonyl (C=O) groups excluding carboxylic acids is 1. The van der Waals surface area contributed by atoms with Crippen molar-refractivity contribution in [2.75, 3.05) is 13.7 Å². The van der Waals surface area contributed by atoms with Crippen LogP contribution in [0.3, 0.4) is 0 Å². The smallest absolute Gasteiger partial charge is 0.356 e. The van der Waals surface area contributed by atoms with Gasteiger partial charge in [-0.1, -0.05) is 6.42 Å². The first-order valence-electron chi connectivity index (χ1n) is 6.60. The Balaban J connectivity index is 2.20. The molecule has 0 aromatic carbocycles. The molecule has 3 unspecified atom stereocenters. The second-order valence-corrected chi connectivity index (χ2v) is 5.30. The van der Waals surface area contributed by atoms with E-state index in [2.05, 4.69) is 0 Å². The van der Waals surface area contributed by atoms with E-state index in [4.69, 9.17) is 9.47 Å². The number of halogens is 4. The van der Waals surface area contributed by atoms with Crippen LogP contribution in [0.1, 0.15) is 19.3 Å². The minimum atomic E-state index is -4.49. The molecule has 7 heteroatoms. The maximum Gasteiger partial charge on any atom is 0.411 e. The van der Waals surface area contributed by atoms with Crippen LogP contribution in [-0.2, 0) is 14.3 Å². The summed E-state index contributed by atoms with van der Waals surface area (Å²) < 4.78 is 60.1. The Labute approximate surface area is 119 Å². The standard InChI is InChI=1S/C14H16F4O3/c1-20-12(21-8-14(16,17)18)10-3-2-6-13(10)7-9(15)4-5-11(13)19/h4-5,7,10,12H,2-3,6,8H2,1H3. The average Bonchev–Trinajstić information content (AvgIpc) is 2.79. The van der Waals surface area contributed by atoms with Crippen LogP contribution in [0.4, 0.5) is 17.6 Å². The van der Waals surface area contributed by atoms with Crippen molar-refractivity contribution in [2.24, 2.45) is 11.3 Å². The van der Waals surface area contributed by atoms with E-state index in [1.807, 2.05) is 0 Å². The molecule has 1 fully saturated rings. The molecule has 2 rings (SSSR count). The average molecular weight is 308 g/mol. The molecular weight excluding hydrogens is 292 g/mol. The maximum absolute atomic E-state index is 13.5. The SMILES string of the molecule is COC(OCC(F)(F)F)C1CCCC12C=C(F)C=CC2=O. The van der Waals surface area contributed by atoms with E-state index in [-0.39, 0.29) is 5.78 Å². The third-order valence-corrected chi connectivity index (χ3v) is 3.99. The number of hydrogen-bond donors (Lipinski definition) is 0. The number of hydrogen-bond acceptors (Lipinski definition) is 3. The van der Waals surface area contributed by atoms with E-state index < -0.39 is 36.2 Å². The summed E-state index contributed by atoms with van der Waals surface area (Å²) in [5, 5.41) is 0. The Bertz CT molecular complexity index is 469. The lowest BCUT2D eigenvalue weighted by molar-refractivity contribution is -0.241. The van der Waals surface area contributed by atoms with Crippen LogP contribution >= 0.6 is 0 Å². The predicted octanol–water partition coefficient (Wildman–Crippen LogP) is 3.32. The van der Waals surface area contributed by atoms with Crippen LogP contribution < -0.4 is 0 Å². The first-order chi connectivity index (χ1) is 9.78. The van der Waals surface area contributed by atoms with Gasteiger partial charge in [-0.3, -0.25) is 4.79 Å². The molecule has 118 valence electrons. The van der Waals surface area contributed by atoms with Gasteiger partial charge in [0.25, 0.3) is 0 Å². The van der Waals surface area contributed by atoms with E-state index >= 15 is 0 Å². The van der Waals surface area contributed by atoms with Crippen molar-refractivity contribution >= 4 is 5.78 Å². The monoisotopic (exact) mass is 308 g/mol.